The van der Waals surface area contributed by atoms with E-state index in [9.17, 15) is 13.6 Å². The topological polar surface area (TPSA) is 51.5 Å². The number of amides is 1. The van der Waals surface area contributed by atoms with E-state index in [1.54, 1.807) is 32.0 Å². The number of carbonyl (C=O) groups excluding carboxylic acids is 1. The molecule has 112 valence electrons. The molecule has 2 aromatic rings. The number of hydrogen-bond acceptors (Lipinski definition) is 3. The molecule has 0 spiro atoms. The van der Waals surface area contributed by atoms with Crippen LogP contribution < -0.4 is 10.1 Å². The molecule has 21 heavy (non-hydrogen) atoms. The summed E-state index contributed by atoms with van der Waals surface area (Å²) in [6.45, 7) is 0.656. The summed E-state index contributed by atoms with van der Waals surface area (Å²) in [6.07, 6.45) is 1.45. The van der Waals surface area contributed by atoms with Crippen molar-refractivity contribution in [3.8, 4) is 5.75 Å². The van der Waals surface area contributed by atoms with E-state index < -0.39 is 6.61 Å². The van der Waals surface area contributed by atoms with Crippen LogP contribution >= 0.6 is 0 Å². The van der Waals surface area contributed by atoms with E-state index in [1.165, 1.54) is 18.4 Å². The Kier molecular flexibility index (Phi) is 4.57. The number of hydrogen-bond donors (Lipinski definition) is 1. The van der Waals surface area contributed by atoms with Crippen LogP contribution in [-0.4, -0.2) is 12.5 Å². The van der Waals surface area contributed by atoms with Crippen molar-refractivity contribution >= 4 is 5.91 Å². The summed E-state index contributed by atoms with van der Waals surface area (Å²) in [4.78, 5) is 12.0. The standard InChI is InChI=1S/C15H15F2NO3/c1-9(18-14(19)13-7-8-20-10(13)2)11-3-5-12(6-4-11)21-15(16)17/h3-9,15H,1-2H3,(H,18,19). The van der Waals surface area contributed by atoms with E-state index in [0.717, 1.165) is 5.56 Å². The quantitative estimate of drug-likeness (QED) is 0.915. The third-order valence-electron chi connectivity index (χ3n) is 3.06. The van der Waals surface area contributed by atoms with Gasteiger partial charge in [-0.25, -0.2) is 0 Å². The van der Waals surface area contributed by atoms with Gasteiger partial charge < -0.3 is 14.5 Å². The number of aryl methyl sites for hydroxylation is 1. The molecular weight excluding hydrogens is 280 g/mol. The Balaban J connectivity index is 2.01. The van der Waals surface area contributed by atoms with Crippen LogP contribution in [0.3, 0.4) is 0 Å². The molecule has 0 saturated heterocycles. The minimum absolute atomic E-state index is 0.0814. The molecule has 1 aromatic carbocycles. The van der Waals surface area contributed by atoms with Crippen LogP contribution in [0.4, 0.5) is 8.78 Å². The molecule has 6 heteroatoms. The highest BCUT2D eigenvalue weighted by Gasteiger charge is 2.15. The van der Waals surface area contributed by atoms with Crippen molar-refractivity contribution in [3.05, 3.63) is 53.5 Å². The fourth-order valence-electron chi connectivity index (χ4n) is 1.92. The molecule has 2 rings (SSSR count). The Labute approximate surface area is 120 Å². The van der Waals surface area contributed by atoms with E-state index >= 15 is 0 Å². The maximum atomic E-state index is 12.1. The number of carbonyl (C=O) groups is 1. The summed E-state index contributed by atoms with van der Waals surface area (Å²) >= 11 is 0. The van der Waals surface area contributed by atoms with Crippen molar-refractivity contribution in [1.82, 2.24) is 5.32 Å². The van der Waals surface area contributed by atoms with Crippen molar-refractivity contribution in [2.45, 2.75) is 26.5 Å². The zero-order valence-corrected chi connectivity index (χ0v) is 11.6. The Bertz CT molecular complexity index is 608. The molecule has 1 atom stereocenters. The normalized spacial score (nSPS) is 12.2. The third kappa shape index (κ3) is 3.81. The zero-order chi connectivity index (χ0) is 15.4. The van der Waals surface area contributed by atoms with Crippen LogP contribution in [-0.2, 0) is 0 Å². The lowest BCUT2D eigenvalue weighted by atomic mass is 10.1. The van der Waals surface area contributed by atoms with E-state index in [2.05, 4.69) is 10.1 Å². The van der Waals surface area contributed by atoms with Gasteiger partial charge in [0.1, 0.15) is 11.5 Å². The van der Waals surface area contributed by atoms with Gasteiger partial charge in [0.2, 0.25) is 0 Å². The first-order valence-corrected chi connectivity index (χ1v) is 6.37. The maximum absolute atomic E-state index is 12.1. The lowest BCUT2D eigenvalue weighted by molar-refractivity contribution is -0.0498. The molecule has 0 aliphatic heterocycles. The van der Waals surface area contributed by atoms with Crippen molar-refractivity contribution in [2.75, 3.05) is 0 Å². The summed E-state index contributed by atoms with van der Waals surface area (Å²) in [5, 5.41) is 2.81. The van der Waals surface area contributed by atoms with Crippen LogP contribution in [0.1, 0.15) is 34.6 Å². The molecule has 1 aromatic heterocycles. The summed E-state index contributed by atoms with van der Waals surface area (Å²) in [7, 11) is 0. The highest BCUT2D eigenvalue weighted by Crippen LogP contribution is 2.20. The van der Waals surface area contributed by atoms with Gasteiger partial charge >= 0.3 is 6.61 Å². The van der Waals surface area contributed by atoms with Gasteiger partial charge in [0.15, 0.2) is 0 Å². The van der Waals surface area contributed by atoms with Crippen molar-refractivity contribution in [3.63, 3.8) is 0 Å². The highest BCUT2D eigenvalue weighted by molar-refractivity contribution is 5.95. The van der Waals surface area contributed by atoms with Gasteiger partial charge in [0.25, 0.3) is 5.91 Å². The first-order chi connectivity index (χ1) is 9.97. The monoisotopic (exact) mass is 295 g/mol. The van der Waals surface area contributed by atoms with Gasteiger partial charge in [-0.3, -0.25) is 4.79 Å². The first kappa shape index (κ1) is 15.0. The Morgan fingerprint density at radius 2 is 1.90 bits per heavy atom. The molecule has 1 N–H and O–H groups in total. The molecule has 0 saturated carbocycles. The molecule has 1 unspecified atom stereocenters. The highest BCUT2D eigenvalue weighted by atomic mass is 19.3. The largest absolute Gasteiger partial charge is 0.469 e. The number of alkyl halides is 2. The van der Waals surface area contributed by atoms with E-state index in [4.69, 9.17) is 4.42 Å². The first-order valence-electron chi connectivity index (χ1n) is 6.37. The molecule has 4 nitrogen and oxygen atoms in total. The van der Waals surface area contributed by atoms with E-state index in [1.807, 2.05) is 0 Å². The summed E-state index contributed by atoms with van der Waals surface area (Å²) in [5.74, 6) is 0.375. The van der Waals surface area contributed by atoms with Gasteiger partial charge in [-0.1, -0.05) is 12.1 Å². The van der Waals surface area contributed by atoms with Crippen LogP contribution in [0.2, 0.25) is 0 Å². The second-order valence-electron chi connectivity index (χ2n) is 4.53. The van der Waals surface area contributed by atoms with Crippen LogP contribution in [0.25, 0.3) is 0 Å². The third-order valence-corrected chi connectivity index (χ3v) is 3.06. The number of nitrogens with one attached hydrogen (secondary N) is 1. The lowest BCUT2D eigenvalue weighted by Crippen LogP contribution is -2.26. The SMILES string of the molecule is Cc1occc1C(=O)NC(C)c1ccc(OC(F)F)cc1. The van der Waals surface area contributed by atoms with Crippen LogP contribution in [0, 0.1) is 6.92 Å². The van der Waals surface area contributed by atoms with E-state index in [0.29, 0.717) is 11.3 Å². The summed E-state index contributed by atoms with van der Waals surface area (Å²) < 4.78 is 33.5. The molecule has 1 heterocycles. The van der Waals surface area contributed by atoms with Gasteiger partial charge in [-0.05, 0) is 37.6 Å². The molecule has 1 amide bonds. The number of benzene rings is 1. The van der Waals surface area contributed by atoms with Crippen LogP contribution in [0.15, 0.2) is 41.0 Å². The molecule has 0 aliphatic carbocycles. The average molecular weight is 295 g/mol. The minimum Gasteiger partial charge on any atom is -0.469 e. The molecule has 0 bridgehead atoms. The number of ether oxygens (including phenoxy) is 1. The molecule has 0 radical (unpaired) electrons. The summed E-state index contributed by atoms with van der Waals surface area (Å²) in [6, 6.07) is 7.46. The second-order valence-corrected chi connectivity index (χ2v) is 4.53. The molecular formula is C15H15F2NO3. The van der Waals surface area contributed by atoms with Crippen molar-refractivity contribution < 1.29 is 22.7 Å². The van der Waals surface area contributed by atoms with Gasteiger partial charge in [0.05, 0.1) is 17.9 Å². The fraction of sp³-hybridized carbons (Fsp3) is 0.267. The smallest absolute Gasteiger partial charge is 0.387 e. The molecule has 0 fully saturated rings. The number of rotatable bonds is 5. The van der Waals surface area contributed by atoms with Gasteiger partial charge in [-0.2, -0.15) is 8.78 Å². The van der Waals surface area contributed by atoms with Crippen molar-refractivity contribution in [1.29, 1.82) is 0 Å². The van der Waals surface area contributed by atoms with Gasteiger partial charge in [-0.15, -0.1) is 0 Å². The van der Waals surface area contributed by atoms with Crippen molar-refractivity contribution in [2.24, 2.45) is 0 Å². The number of furan rings is 1. The molecule has 0 aliphatic rings. The predicted molar refractivity (Wildman–Crippen MR) is 72.4 cm³/mol. The number of halogens is 2. The average Bonchev–Trinajstić information content (AvgIpc) is 2.85. The Hall–Kier alpha value is -2.37. The second kappa shape index (κ2) is 6.39. The van der Waals surface area contributed by atoms with E-state index in [-0.39, 0.29) is 17.7 Å². The predicted octanol–water partition coefficient (Wildman–Crippen LogP) is 3.68. The minimum atomic E-state index is -2.85. The fourth-order valence-corrected chi connectivity index (χ4v) is 1.92. The van der Waals surface area contributed by atoms with Gasteiger partial charge in [0, 0.05) is 0 Å². The maximum Gasteiger partial charge on any atom is 0.387 e. The Morgan fingerprint density at radius 1 is 1.24 bits per heavy atom. The van der Waals surface area contributed by atoms with Crippen LogP contribution in [0.5, 0.6) is 5.75 Å². The summed E-state index contributed by atoms with van der Waals surface area (Å²) in [5.41, 5.74) is 1.26. The Morgan fingerprint density at radius 3 is 2.43 bits per heavy atom. The lowest BCUT2D eigenvalue weighted by Gasteiger charge is -2.14. The zero-order valence-electron chi connectivity index (χ0n) is 11.6.